The van der Waals surface area contributed by atoms with Crippen LogP contribution >= 0.6 is 0 Å². The summed E-state index contributed by atoms with van der Waals surface area (Å²) < 4.78 is 16.6. The van der Waals surface area contributed by atoms with Crippen LogP contribution in [0.25, 0.3) is 33.4 Å². The van der Waals surface area contributed by atoms with Gasteiger partial charge in [0.1, 0.15) is 11.3 Å². The molecule has 2 aromatic heterocycles. The topological polar surface area (TPSA) is 72.7 Å². The molecule has 138 valence electrons. The molecule has 0 saturated carbocycles. The molecule has 0 unspecified atom stereocenters. The lowest BCUT2D eigenvalue weighted by molar-refractivity contribution is 0.0966. The van der Waals surface area contributed by atoms with Gasteiger partial charge in [0, 0.05) is 29.8 Å². The van der Waals surface area contributed by atoms with Crippen molar-refractivity contribution in [1.82, 2.24) is 25.1 Å². The molecule has 7 heteroatoms. The third kappa shape index (κ3) is 2.47. The van der Waals surface area contributed by atoms with Gasteiger partial charge < -0.3 is 9.88 Å². The summed E-state index contributed by atoms with van der Waals surface area (Å²) in [7, 11) is 0. The van der Waals surface area contributed by atoms with Gasteiger partial charge in [-0.05, 0) is 41.8 Å². The molecule has 0 spiro atoms. The number of nitrogens with one attached hydrogen (secondary N) is 1. The monoisotopic (exact) mass is 373 g/mol. The van der Waals surface area contributed by atoms with Crippen LogP contribution in [0.2, 0.25) is 0 Å². The van der Waals surface area contributed by atoms with E-state index < -0.39 is 0 Å². The molecular weight excluding hydrogens is 357 g/mol. The third-order valence-corrected chi connectivity index (χ3v) is 5.13. The quantitative estimate of drug-likeness (QED) is 0.596. The predicted octanol–water partition coefficient (Wildman–Crippen LogP) is 3.56. The minimum atomic E-state index is -0.348. The normalized spacial score (nSPS) is 13.0. The molecule has 1 aliphatic heterocycles. The maximum atomic E-state index is 14.6. The Kier molecular flexibility index (Phi) is 3.68. The summed E-state index contributed by atoms with van der Waals surface area (Å²) in [5, 5.41) is 11.1. The van der Waals surface area contributed by atoms with Gasteiger partial charge >= 0.3 is 0 Å². The summed E-state index contributed by atoms with van der Waals surface area (Å²) >= 11 is 0. The number of benzene rings is 2. The van der Waals surface area contributed by atoms with Crippen LogP contribution in [0.1, 0.15) is 22.8 Å². The Morgan fingerprint density at radius 3 is 2.75 bits per heavy atom. The zero-order chi connectivity index (χ0) is 19.3. The fraction of sp³-hybridized carbons (Fsp3) is 0.143. The number of aromatic nitrogens is 4. The molecule has 0 saturated heterocycles. The van der Waals surface area contributed by atoms with Gasteiger partial charge in [0.05, 0.1) is 12.5 Å². The number of halogens is 1. The summed E-state index contributed by atoms with van der Waals surface area (Å²) in [6, 6.07) is 10.4. The second-order valence-electron chi connectivity index (χ2n) is 6.71. The van der Waals surface area contributed by atoms with Crippen molar-refractivity contribution in [3.05, 3.63) is 65.9 Å². The van der Waals surface area contributed by atoms with Crippen molar-refractivity contribution in [3.8, 4) is 22.3 Å². The van der Waals surface area contributed by atoms with E-state index in [1.54, 1.807) is 30.7 Å². The molecule has 4 aromatic rings. The zero-order valence-electron chi connectivity index (χ0n) is 15.1. The van der Waals surface area contributed by atoms with Crippen LogP contribution in [-0.2, 0) is 13.1 Å². The fourth-order valence-electron chi connectivity index (χ4n) is 3.61. The van der Waals surface area contributed by atoms with E-state index in [4.69, 9.17) is 0 Å². The zero-order valence-corrected chi connectivity index (χ0v) is 15.1. The highest BCUT2D eigenvalue weighted by molar-refractivity contribution is 5.99. The largest absolute Gasteiger partial charge is 0.348 e. The van der Waals surface area contributed by atoms with Crippen molar-refractivity contribution >= 4 is 17.1 Å². The minimum Gasteiger partial charge on any atom is -0.348 e. The molecule has 1 N–H and O–H groups in total. The number of nitrogens with zero attached hydrogens (tertiary/aromatic N) is 4. The van der Waals surface area contributed by atoms with E-state index in [-0.39, 0.29) is 11.7 Å². The van der Waals surface area contributed by atoms with E-state index in [0.29, 0.717) is 28.9 Å². The molecule has 5 rings (SSSR count). The van der Waals surface area contributed by atoms with Gasteiger partial charge in [0.25, 0.3) is 5.91 Å². The van der Waals surface area contributed by atoms with Gasteiger partial charge in [-0.15, -0.1) is 5.10 Å². The molecular formula is C21H16FN5O. The Hall–Kier alpha value is -3.61. The van der Waals surface area contributed by atoms with E-state index in [0.717, 1.165) is 28.8 Å². The maximum absolute atomic E-state index is 14.6. The van der Waals surface area contributed by atoms with Crippen molar-refractivity contribution in [2.24, 2.45) is 0 Å². The highest BCUT2D eigenvalue weighted by Gasteiger charge is 2.20. The van der Waals surface area contributed by atoms with E-state index in [9.17, 15) is 9.18 Å². The Morgan fingerprint density at radius 2 is 1.89 bits per heavy atom. The van der Waals surface area contributed by atoms with Gasteiger partial charge in [-0.25, -0.2) is 9.37 Å². The van der Waals surface area contributed by atoms with Crippen LogP contribution in [0.3, 0.4) is 0 Å². The van der Waals surface area contributed by atoms with Crippen LogP contribution in [0, 0.1) is 5.82 Å². The summed E-state index contributed by atoms with van der Waals surface area (Å²) in [6.07, 6.45) is 3.37. The van der Waals surface area contributed by atoms with E-state index in [1.165, 1.54) is 6.07 Å². The van der Waals surface area contributed by atoms with Crippen molar-refractivity contribution in [2.75, 3.05) is 0 Å². The van der Waals surface area contributed by atoms with Crippen molar-refractivity contribution in [3.63, 3.8) is 0 Å². The Bertz CT molecular complexity index is 1250. The van der Waals surface area contributed by atoms with Gasteiger partial charge in [-0.2, -0.15) is 5.10 Å². The number of carbonyl (C=O) groups excluding carboxylic acids is 1. The Morgan fingerprint density at radius 1 is 1.11 bits per heavy atom. The predicted molar refractivity (Wildman–Crippen MR) is 103 cm³/mol. The molecule has 0 radical (unpaired) electrons. The highest BCUT2D eigenvalue weighted by Crippen LogP contribution is 2.32. The highest BCUT2D eigenvalue weighted by atomic mass is 19.1. The standard InChI is InChI=1S/C21H16FN5O/c1-2-27-11-24-19-17(10-25-26-20(19)27)13-5-6-18(22)15(7-13)12-3-4-14-9-23-21(28)16(14)8-12/h3-8,10-11H,2,9H2,1H3,(H,23,28). The molecule has 2 aromatic carbocycles. The number of aryl methyl sites for hydroxylation is 1. The summed E-state index contributed by atoms with van der Waals surface area (Å²) in [4.78, 5) is 16.4. The Labute approximate surface area is 160 Å². The van der Waals surface area contributed by atoms with E-state index in [1.807, 2.05) is 23.6 Å². The van der Waals surface area contributed by atoms with Crippen molar-refractivity contribution in [2.45, 2.75) is 20.0 Å². The fourth-order valence-corrected chi connectivity index (χ4v) is 3.61. The molecule has 1 aliphatic rings. The number of amides is 1. The molecule has 0 bridgehead atoms. The Balaban J connectivity index is 1.66. The minimum absolute atomic E-state index is 0.126. The van der Waals surface area contributed by atoms with Gasteiger partial charge in [-0.3, -0.25) is 4.79 Å². The van der Waals surface area contributed by atoms with Crippen LogP contribution in [0.5, 0.6) is 0 Å². The second kappa shape index (κ2) is 6.23. The number of imidazole rings is 1. The van der Waals surface area contributed by atoms with Crippen LogP contribution < -0.4 is 5.32 Å². The summed E-state index contributed by atoms with van der Waals surface area (Å²) in [5.74, 6) is -0.474. The molecule has 0 atom stereocenters. The maximum Gasteiger partial charge on any atom is 0.251 e. The number of hydrogen-bond acceptors (Lipinski definition) is 4. The first-order chi connectivity index (χ1) is 13.7. The lowest BCUT2D eigenvalue weighted by Gasteiger charge is -2.09. The number of carbonyl (C=O) groups is 1. The lowest BCUT2D eigenvalue weighted by atomic mass is 9.96. The average molecular weight is 373 g/mol. The molecule has 3 heterocycles. The van der Waals surface area contributed by atoms with E-state index in [2.05, 4.69) is 20.5 Å². The molecule has 0 aliphatic carbocycles. The first-order valence-electron chi connectivity index (χ1n) is 9.03. The third-order valence-electron chi connectivity index (χ3n) is 5.13. The smallest absolute Gasteiger partial charge is 0.251 e. The molecule has 28 heavy (non-hydrogen) atoms. The van der Waals surface area contributed by atoms with Gasteiger partial charge in [0.2, 0.25) is 0 Å². The SMILES string of the molecule is CCn1cnc2c(-c3ccc(F)c(-c4ccc5c(c4)C(=O)NC5)c3)cnnc21. The summed E-state index contributed by atoms with van der Waals surface area (Å²) in [5.41, 5.74) is 5.61. The van der Waals surface area contributed by atoms with Crippen LogP contribution in [0.15, 0.2) is 48.9 Å². The first kappa shape index (κ1) is 16.6. The second-order valence-corrected chi connectivity index (χ2v) is 6.71. The summed E-state index contributed by atoms with van der Waals surface area (Å²) in [6.45, 7) is 3.26. The number of fused-ring (bicyclic) bond motifs is 2. The molecule has 1 amide bonds. The van der Waals surface area contributed by atoms with Gasteiger partial charge in [-0.1, -0.05) is 18.2 Å². The van der Waals surface area contributed by atoms with Crippen LogP contribution in [-0.4, -0.2) is 25.7 Å². The van der Waals surface area contributed by atoms with Crippen molar-refractivity contribution < 1.29 is 9.18 Å². The molecule has 6 nitrogen and oxygen atoms in total. The number of rotatable bonds is 3. The first-order valence-corrected chi connectivity index (χ1v) is 9.03. The van der Waals surface area contributed by atoms with E-state index >= 15 is 0 Å². The van der Waals surface area contributed by atoms with Gasteiger partial charge in [0.15, 0.2) is 5.65 Å². The molecule has 0 fully saturated rings. The van der Waals surface area contributed by atoms with Crippen molar-refractivity contribution in [1.29, 1.82) is 0 Å². The average Bonchev–Trinajstić information content (AvgIpc) is 3.31. The lowest BCUT2D eigenvalue weighted by Crippen LogP contribution is -2.12. The number of hydrogen-bond donors (Lipinski definition) is 1. The van der Waals surface area contributed by atoms with Crippen LogP contribution in [0.4, 0.5) is 4.39 Å².